The van der Waals surface area contributed by atoms with Crippen molar-refractivity contribution in [3.63, 3.8) is 0 Å². The molecule has 1 atom stereocenters. The zero-order valence-corrected chi connectivity index (χ0v) is 8.96. The van der Waals surface area contributed by atoms with E-state index in [1.165, 1.54) is 4.90 Å². The fourth-order valence-electron chi connectivity index (χ4n) is 1.84. The minimum Gasteiger partial charge on any atom is -0.481 e. The molecule has 0 unspecified atom stereocenters. The Bertz CT molecular complexity index is 427. The second kappa shape index (κ2) is 3.96. The lowest BCUT2D eigenvalue weighted by atomic mass is 9.97. The Labute approximate surface area is 92.5 Å². The summed E-state index contributed by atoms with van der Waals surface area (Å²) in [6, 6.07) is 0. The van der Waals surface area contributed by atoms with E-state index in [-0.39, 0.29) is 18.9 Å². The van der Waals surface area contributed by atoms with Crippen molar-refractivity contribution >= 4 is 17.6 Å². The minimum absolute atomic E-state index is 0.0366. The number of aromatic nitrogens is 2. The molecule has 2 heterocycles. The Hall–Kier alpha value is -1.85. The Balaban J connectivity index is 2.19. The van der Waals surface area contributed by atoms with Gasteiger partial charge >= 0.3 is 5.97 Å². The third-order valence-corrected chi connectivity index (χ3v) is 2.76. The average molecular weight is 223 g/mol. The van der Waals surface area contributed by atoms with Crippen LogP contribution in [0.1, 0.15) is 12.8 Å². The van der Waals surface area contributed by atoms with Gasteiger partial charge in [0, 0.05) is 26.2 Å². The van der Waals surface area contributed by atoms with Gasteiger partial charge < -0.3 is 10.0 Å². The molecule has 0 aliphatic carbocycles. The molecule has 0 spiro atoms. The molecule has 6 nitrogen and oxygen atoms in total. The number of carboxylic acids is 1. The van der Waals surface area contributed by atoms with Gasteiger partial charge in [-0.2, -0.15) is 5.10 Å². The highest BCUT2D eigenvalue weighted by Crippen LogP contribution is 2.23. The molecule has 0 aromatic carbocycles. The molecule has 16 heavy (non-hydrogen) atoms. The Morgan fingerprint density at radius 2 is 2.38 bits per heavy atom. The first-order chi connectivity index (χ1) is 7.58. The van der Waals surface area contributed by atoms with E-state index < -0.39 is 11.9 Å². The van der Waals surface area contributed by atoms with Gasteiger partial charge in [0.05, 0.1) is 17.8 Å². The molecule has 1 aliphatic rings. The number of anilines is 1. The number of rotatable bonds is 2. The van der Waals surface area contributed by atoms with Gasteiger partial charge in [0.25, 0.3) is 0 Å². The highest BCUT2D eigenvalue weighted by Gasteiger charge is 2.31. The molecule has 1 aliphatic heterocycles. The van der Waals surface area contributed by atoms with Crippen LogP contribution < -0.4 is 4.90 Å². The standard InChI is InChI=1S/C10H13N3O3/c1-12-6-8(4-11-12)13-5-7(10(15)16)2-3-9(13)14/h4,6-7H,2-3,5H2,1H3,(H,15,16)/t7-/m1/s1. The summed E-state index contributed by atoms with van der Waals surface area (Å²) in [7, 11) is 1.76. The summed E-state index contributed by atoms with van der Waals surface area (Å²) in [4.78, 5) is 24.0. The van der Waals surface area contributed by atoms with Crippen molar-refractivity contribution < 1.29 is 14.7 Å². The molecule has 1 N–H and O–H groups in total. The van der Waals surface area contributed by atoms with E-state index >= 15 is 0 Å². The van der Waals surface area contributed by atoms with Crippen LogP contribution in [-0.2, 0) is 16.6 Å². The van der Waals surface area contributed by atoms with Gasteiger partial charge in [-0.25, -0.2) is 0 Å². The van der Waals surface area contributed by atoms with Gasteiger partial charge in [0.15, 0.2) is 0 Å². The summed E-state index contributed by atoms with van der Waals surface area (Å²) in [6.45, 7) is 0.236. The molecule has 1 aromatic rings. The molecule has 0 radical (unpaired) electrons. The first-order valence-corrected chi connectivity index (χ1v) is 5.09. The number of carbonyl (C=O) groups is 2. The zero-order valence-electron chi connectivity index (χ0n) is 8.96. The van der Waals surface area contributed by atoms with E-state index in [4.69, 9.17) is 5.11 Å². The van der Waals surface area contributed by atoms with E-state index in [9.17, 15) is 9.59 Å². The first kappa shape index (κ1) is 10.7. The summed E-state index contributed by atoms with van der Waals surface area (Å²) >= 11 is 0. The third-order valence-electron chi connectivity index (χ3n) is 2.76. The van der Waals surface area contributed by atoms with Gasteiger partial charge in [0.2, 0.25) is 5.91 Å². The number of carbonyl (C=O) groups excluding carboxylic acids is 1. The third kappa shape index (κ3) is 1.91. The van der Waals surface area contributed by atoms with Crippen molar-refractivity contribution in [2.45, 2.75) is 12.8 Å². The highest BCUT2D eigenvalue weighted by molar-refractivity contribution is 5.95. The molecule has 86 valence electrons. The Kier molecular flexibility index (Phi) is 2.64. The number of aliphatic carboxylic acids is 1. The molecule has 6 heteroatoms. The van der Waals surface area contributed by atoms with Gasteiger partial charge in [-0.3, -0.25) is 14.3 Å². The van der Waals surface area contributed by atoms with Crippen molar-refractivity contribution in [3.8, 4) is 0 Å². The fourth-order valence-corrected chi connectivity index (χ4v) is 1.84. The van der Waals surface area contributed by atoms with Crippen molar-refractivity contribution in [2.75, 3.05) is 11.4 Å². The number of piperidine rings is 1. The van der Waals surface area contributed by atoms with Crippen LogP contribution in [0.4, 0.5) is 5.69 Å². The summed E-state index contributed by atoms with van der Waals surface area (Å²) in [5.41, 5.74) is 0.665. The molecule has 1 amide bonds. The van der Waals surface area contributed by atoms with E-state index in [1.54, 1.807) is 24.1 Å². The molecule has 1 aromatic heterocycles. The maximum absolute atomic E-state index is 11.7. The average Bonchev–Trinajstić information content (AvgIpc) is 2.65. The van der Waals surface area contributed by atoms with Crippen LogP contribution in [0, 0.1) is 5.92 Å². The Morgan fingerprint density at radius 1 is 1.62 bits per heavy atom. The molecule has 2 rings (SSSR count). The van der Waals surface area contributed by atoms with E-state index in [0.29, 0.717) is 12.1 Å². The van der Waals surface area contributed by atoms with Crippen LogP contribution >= 0.6 is 0 Å². The quantitative estimate of drug-likeness (QED) is 0.779. The molecular weight excluding hydrogens is 210 g/mol. The van der Waals surface area contributed by atoms with Crippen LogP contribution in [0.2, 0.25) is 0 Å². The second-order valence-electron chi connectivity index (χ2n) is 3.95. The molecule has 0 saturated carbocycles. The fraction of sp³-hybridized carbons (Fsp3) is 0.500. The monoisotopic (exact) mass is 223 g/mol. The summed E-state index contributed by atoms with van der Waals surface area (Å²) in [5.74, 6) is -1.36. The lowest BCUT2D eigenvalue weighted by Gasteiger charge is -2.29. The Morgan fingerprint density at radius 3 is 2.94 bits per heavy atom. The van der Waals surface area contributed by atoms with E-state index in [1.807, 2.05) is 0 Å². The summed E-state index contributed by atoms with van der Waals surface area (Å²) in [5, 5.41) is 12.9. The van der Waals surface area contributed by atoms with Crippen molar-refractivity contribution in [1.82, 2.24) is 9.78 Å². The molecule has 1 fully saturated rings. The van der Waals surface area contributed by atoms with Crippen molar-refractivity contribution in [2.24, 2.45) is 13.0 Å². The maximum atomic E-state index is 11.7. The van der Waals surface area contributed by atoms with E-state index in [0.717, 1.165) is 0 Å². The van der Waals surface area contributed by atoms with Gasteiger partial charge in [-0.15, -0.1) is 0 Å². The van der Waals surface area contributed by atoms with Crippen LogP contribution in [0.25, 0.3) is 0 Å². The zero-order chi connectivity index (χ0) is 11.7. The summed E-state index contributed by atoms with van der Waals surface area (Å²) < 4.78 is 1.59. The number of amides is 1. The molecule has 1 saturated heterocycles. The predicted octanol–water partition coefficient (Wildman–Crippen LogP) is 0.248. The van der Waals surface area contributed by atoms with Gasteiger partial charge in [-0.05, 0) is 6.42 Å². The number of hydrogen-bond donors (Lipinski definition) is 1. The SMILES string of the molecule is Cn1cc(N2C[C@H](C(=O)O)CCC2=O)cn1. The molecular formula is C10H13N3O3. The number of aryl methyl sites for hydroxylation is 1. The normalized spacial score (nSPS) is 21.2. The second-order valence-corrected chi connectivity index (χ2v) is 3.95. The lowest BCUT2D eigenvalue weighted by molar-refractivity contribution is -0.142. The lowest BCUT2D eigenvalue weighted by Crippen LogP contribution is -2.42. The largest absolute Gasteiger partial charge is 0.481 e. The smallest absolute Gasteiger partial charge is 0.308 e. The van der Waals surface area contributed by atoms with Crippen LogP contribution in [0.15, 0.2) is 12.4 Å². The van der Waals surface area contributed by atoms with Crippen LogP contribution in [0.5, 0.6) is 0 Å². The van der Waals surface area contributed by atoms with Crippen LogP contribution in [0.3, 0.4) is 0 Å². The first-order valence-electron chi connectivity index (χ1n) is 5.09. The predicted molar refractivity (Wildman–Crippen MR) is 55.9 cm³/mol. The van der Waals surface area contributed by atoms with E-state index in [2.05, 4.69) is 5.10 Å². The van der Waals surface area contributed by atoms with Gasteiger partial charge in [0.1, 0.15) is 0 Å². The van der Waals surface area contributed by atoms with Gasteiger partial charge in [-0.1, -0.05) is 0 Å². The topological polar surface area (TPSA) is 75.4 Å². The maximum Gasteiger partial charge on any atom is 0.308 e. The van der Waals surface area contributed by atoms with Crippen molar-refractivity contribution in [1.29, 1.82) is 0 Å². The number of carboxylic acid groups (broad SMARTS) is 1. The van der Waals surface area contributed by atoms with Crippen LogP contribution in [-0.4, -0.2) is 33.3 Å². The summed E-state index contributed by atoms with van der Waals surface area (Å²) in [6.07, 6.45) is 3.99. The molecule has 0 bridgehead atoms. The minimum atomic E-state index is -0.846. The highest BCUT2D eigenvalue weighted by atomic mass is 16.4. The van der Waals surface area contributed by atoms with Crippen molar-refractivity contribution in [3.05, 3.63) is 12.4 Å². The number of hydrogen-bond acceptors (Lipinski definition) is 3. The number of nitrogens with zero attached hydrogens (tertiary/aromatic N) is 3.